The number of nitro groups is 1. The largest absolute Gasteiger partial charge is 0.423 e. The molecule has 0 aliphatic heterocycles. The minimum Gasteiger partial charge on any atom is -0.423 e. The van der Waals surface area contributed by atoms with Crippen LogP contribution in [0.25, 0.3) is 0 Å². The van der Waals surface area contributed by atoms with Gasteiger partial charge in [0.15, 0.2) is 0 Å². The Kier molecular flexibility index (Phi) is 6.06. The van der Waals surface area contributed by atoms with E-state index in [9.17, 15) is 23.3 Å². The zero-order valence-electron chi connectivity index (χ0n) is 14.3. The predicted octanol–water partition coefficient (Wildman–Crippen LogP) is 2.84. The number of sulfonamides is 1. The van der Waals surface area contributed by atoms with Gasteiger partial charge in [0, 0.05) is 19.2 Å². The number of carbonyl (C=O) groups is 1. The highest BCUT2D eigenvalue weighted by molar-refractivity contribution is 7.89. The number of nitrogens with zero attached hydrogens (tertiary/aromatic N) is 2. The van der Waals surface area contributed by atoms with Gasteiger partial charge in [0.25, 0.3) is 5.69 Å². The fourth-order valence-electron chi connectivity index (χ4n) is 2.32. The number of non-ortho nitro benzene ring substituents is 1. The normalized spacial score (nSPS) is 11.3. The molecule has 138 valence electrons. The van der Waals surface area contributed by atoms with Crippen LogP contribution in [0.4, 0.5) is 5.69 Å². The molecule has 0 N–H and O–H groups in total. The molecule has 2 aromatic carbocycles. The summed E-state index contributed by atoms with van der Waals surface area (Å²) in [5.74, 6) is -0.803. The monoisotopic (exact) mass is 378 g/mol. The molecule has 8 nitrogen and oxygen atoms in total. The Bertz CT molecular complexity index is 922. The van der Waals surface area contributed by atoms with Gasteiger partial charge in [0.2, 0.25) is 10.0 Å². The van der Waals surface area contributed by atoms with Crippen LogP contribution in [-0.4, -0.2) is 36.7 Å². The molecule has 0 atom stereocenters. The molecular formula is C17H18N2O6S. The standard InChI is InChI=1S/C17H18N2O6S/c1-3-18(4-2)26(23,24)16-10-5-7-13(11-16)17(20)25-15-9-6-8-14(12-15)19(21)22/h5-12H,3-4H2,1-2H3. The minimum absolute atomic E-state index is 0.00111. The highest BCUT2D eigenvalue weighted by atomic mass is 32.2. The van der Waals surface area contributed by atoms with Gasteiger partial charge in [-0.2, -0.15) is 4.31 Å². The Morgan fingerprint density at radius 2 is 1.77 bits per heavy atom. The molecule has 0 unspecified atom stereocenters. The van der Waals surface area contributed by atoms with Crippen molar-refractivity contribution in [1.82, 2.24) is 4.31 Å². The first kappa shape index (κ1) is 19.5. The van der Waals surface area contributed by atoms with Crippen LogP contribution in [0.1, 0.15) is 24.2 Å². The van der Waals surface area contributed by atoms with E-state index in [4.69, 9.17) is 4.74 Å². The summed E-state index contributed by atoms with van der Waals surface area (Å²) < 4.78 is 31.5. The van der Waals surface area contributed by atoms with Crippen LogP contribution in [0.5, 0.6) is 5.75 Å². The molecule has 0 spiro atoms. The molecular weight excluding hydrogens is 360 g/mol. The summed E-state index contributed by atoms with van der Waals surface area (Å²) in [6, 6.07) is 10.7. The molecule has 0 saturated carbocycles. The van der Waals surface area contributed by atoms with Crippen LogP contribution in [0.3, 0.4) is 0 Å². The highest BCUT2D eigenvalue weighted by Crippen LogP contribution is 2.21. The summed E-state index contributed by atoms with van der Waals surface area (Å²) >= 11 is 0. The number of hydrogen-bond acceptors (Lipinski definition) is 6. The van der Waals surface area contributed by atoms with Crippen LogP contribution in [0.15, 0.2) is 53.4 Å². The van der Waals surface area contributed by atoms with Gasteiger partial charge in [0.1, 0.15) is 5.75 Å². The Labute approximate surface area is 151 Å². The maximum absolute atomic E-state index is 12.5. The zero-order valence-corrected chi connectivity index (χ0v) is 15.1. The lowest BCUT2D eigenvalue weighted by atomic mass is 10.2. The van der Waals surface area contributed by atoms with Gasteiger partial charge in [-0.05, 0) is 24.3 Å². The Hall–Kier alpha value is -2.78. The molecule has 0 amide bonds. The molecule has 0 aliphatic rings. The van der Waals surface area contributed by atoms with E-state index in [2.05, 4.69) is 0 Å². The second-order valence-electron chi connectivity index (χ2n) is 5.26. The first-order chi connectivity index (χ1) is 12.3. The van der Waals surface area contributed by atoms with Crippen molar-refractivity contribution in [2.45, 2.75) is 18.7 Å². The fraction of sp³-hybridized carbons (Fsp3) is 0.235. The first-order valence-corrected chi connectivity index (χ1v) is 9.30. The number of nitro benzene ring substituents is 1. The van der Waals surface area contributed by atoms with Gasteiger partial charge in [-0.15, -0.1) is 0 Å². The molecule has 0 heterocycles. The van der Waals surface area contributed by atoms with E-state index in [1.165, 1.54) is 46.8 Å². The molecule has 0 radical (unpaired) electrons. The average Bonchev–Trinajstić information content (AvgIpc) is 2.62. The van der Waals surface area contributed by atoms with Crippen LogP contribution in [0, 0.1) is 10.1 Å². The lowest BCUT2D eigenvalue weighted by molar-refractivity contribution is -0.384. The summed E-state index contributed by atoms with van der Waals surface area (Å²) in [4.78, 5) is 22.4. The molecule has 2 aromatic rings. The number of hydrogen-bond donors (Lipinski definition) is 0. The highest BCUT2D eigenvalue weighted by Gasteiger charge is 2.23. The third kappa shape index (κ3) is 4.24. The topological polar surface area (TPSA) is 107 Å². The third-order valence-corrected chi connectivity index (χ3v) is 5.70. The van der Waals surface area contributed by atoms with Gasteiger partial charge in [-0.25, -0.2) is 13.2 Å². The number of rotatable bonds is 7. The summed E-state index contributed by atoms with van der Waals surface area (Å²) in [5.41, 5.74) is -0.183. The van der Waals surface area contributed by atoms with Gasteiger partial charge < -0.3 is 4.74 Å². The second-order valence-corrected chi connectivity index (χ2v) is 7.20. The lowest BCUT2D eigenvalue weighted by Crippen LogP contribution is -2.30. The Morgan fingerprint density at radius 3 is 2.38 bits per heavy atom. The fourth-order valence-corrected chi connectivity index (χ4v) is 3.83. The van der Waals surface area contributed by atoms with Gasteiger partial charge >= 0.3 is 5.97 Å². The smallest absolute Gasteiger partial charge is 0.343 e. The Balaban J connectivity index is 2.29. The van der Waals surface area contributed by atoms with Crippen LogP contribution in [0.2, 0.25) is 0 Å². The van der Waals surface area contributed by atoms with Crippen molar-refractivity contribution in [2.24, 2.45) is 0 Å². The second kappa shape index (κ2) is 8.07. The maximum Gasteiger partial charge on any atom is 0.343 e. The molecule has 26 heavy (non-hydrogen) atoms. The third-order valence-electron chi connectivity index (χ3n) is 3.65. The van der Waals surface area contributed by atoms with Crippen molar-refractivity contribution < 1.29 is 22.9 Å². The minimum atomic E-state index is -3.71. The van der Waals surface area contributed by atoms with Crippen molar-refractivity contribution in [2.75, 3.05) is 13.1 Å². The zero-order chi connectivity index (χ0) is 19.3. The molecule has 0 bridgehead atoms. The van der Waals surface area contributed by atoms with Gasteiger partial charge in [-0.3, -0.25) is 10.1 Å². The Morgan fingerprint density at radius 1 is 1.12 bits per heavy atom. The quantitative estimate of drug-likeness (QED) is 0.317. The van der Waals surface area contributed by atoms with Crippen molar-refractivity contribution in [3.05, 3.63) is 64.2 Å². The average molecular weight is 378 g/mol. The van der Waals surface area contributed by atoms with Crippen molar-refractivity contribution >= 4 is 21.7 Å². The van der Waals surface area contributed by atoms with Gasteiger partial charge in [-0.1, -0.05) is 26.0 Å². The van der Waals surface area contributed by atoms with E-state index in [0.29, 0.717) is 13.1 Å². The predicted molar refractivity (Wildman–Crippen MR) is 94.6 cm³/mol. The van der Waals surface area contributed by atoms with E-state index in [0.717, 1.165) is 6.07 Å². The molecule has 0 aliphatic carbocycles. The molecule has 9 heteroatoms. The SMILES string of the molecule is CCN(CC)S(=O)(=O)c1cccc(C(=O)Oc2cccc([N+](=O)[O-])c2)c1. The molecule has 0 fully saturated rings. The maximum atomic E-state index is 12.5. The van der Waals surface area contributed by atoms with E-state index in [1.807, 2.05) is 0 Å². The van der Waals surface area contributed by atoms with Crippen LogP contribution >= 0.6 is 0 Å². The summed E-state index contributed by atoms with van der Waals surface area (Å²) in [7, 11) is -3.71. The van der Waals surface area contributed by atoms with Crippen molar-refractivity contribution in [3.63, 3.8) is 0 Å². The van der Waals surface area contributed by atoms with E-state index in [-0.39, 0.29) is 21.9 Å². The molecule has 2 rings (SSSR count). The van der Waals surface area contributed by atoms with E-state index < -0.39 is 20.9 Å². The van der Waals surface area contributed by atoms with Crippen molar-refractivity contribution in [3.8, 4) is 5.75 Å². The van der Waals surface area contributed by atoms with E-state index >= 15 is 0 Å². The van der Waals surface area contributed by atoms with E-state index in [1.54, 1.807) is 13.8 Å². The number of esters is 1. The number of ether oxygens (including phenoxy) is 1. The molecule has 0 saturated heterocycles. The van der Waals surface area contributed by atoms with Gasteiger partial charge in [0.05, 0.1) is 21.4 Å². The van der Waals surface area contributed by atoms with Crippen LogP contribution in [-0.2, 0) is 10.0 Å². The number of benzene rings is 2. The summed E-state index contributed by atoms with van der Waals surface area (Å²) in [6.45, 7) is 4.06. The lowest BCUT2D eigenvalue weighted by Gasteiger charge is -2.18. The summed E-state index contributed by atoms with van der Waals surface area (Å²) in [6.07, 6.45) is 0. The van der Waals surface area contributed by atoms with Crippen LogP contribution < -0.4 is 4.74 Å². The van der Waals surface area contributed by atoms with Crippen molar-refractivity contribution in [1.29, 1.82) is 0 Å². The molecule has 0 aromatic heterocycles. The first-order valence-electron chi connectivity index (χ1n) is 7.86. The summed E-state index contributed by atoms with van der Waals surface area (Å²) in [5, 5.41) is 10.8. The number of carbonyl (C=O) groups excluding carboxylic acids is 1.